The van der Waals surface area contributed by atoms with Crippen molar-refractivity contribution in [1.29, 1.82) is 0 Å². The van der Waals surface area contributed by atoms with Gasteiger partial charge in [-0.15, -0.1) is 0 Å². The maximum Gasteiger partial charge on any atom is 0.276 e. The van der Waals surface area contributed by atoms with E-state index in [0.29, 0.717) is 0 Å². The van der Waals surface area contributed by atoms with Gasteiger partial charge in [0, 0.05) is 0 Å². The lowest BCUT2D eigenvalue weighted by molar-refractivity contribution is -0.253. The zero-order valence-corrected chi connectivity index (χ0v) is 13.7. The predicted octanol–water partition coefficient (Wildman–Crippen LogP) is 1.54. The third-order valence-corrected chi connectivity index (χ3v) is 4.08. The molecule has 0 aliphatic rings. The van der Waals surface area contributed by atoms with E-state index in [1.54, 1.807) is 20.8 Å². The molecule has 0 spiro atoms. The summed E-state index contributed by atoms with van der Waals surface area (Å²) < 4.78 is 40.2. The second-order valence-electron chi connectivity index (χ2n) is 5.68. The summed E-state index contributed by atoms with van der Waals surface area (Å²) in [6.07, 6.45) is 0. The molecule has 2 atom stereocenters. The summed E-state index contributed by atoms with van der Waals surface area (Å²) in [5, 5.41) is 0. The fourth-order valence-electron chi connectivity index (χ4n) is 0.766. The van der Waals surface area contributed by atoms with Gasteiger partial charge in [-0.3, -0.25) is 13.7 Å². The van der Waals surface area contributed by atoms with Gasteiger partial charge in [0.25, 0.3) is 15.6 Å². The normalized spacial score (nSPS) is 19.8. The third kappa shape index (κ3) is 11.7. The van der Waals surface area contributed by atoms with Crippen molar-refractivity contribution in [2.75, 3.05) is 6.79 Å². The molecule has 0 radical (unpaired) electrons. The van der Waals surface area contributed by atoms with Crippen molar-refractivity contribution < 1.29 is 37.0 Å². The van der Waals surface area contributed by atoms with E-state index in [1.807, 2.05) is 0 Å². The molecule has 0 amide bonds. The van der Waals surface area contributed by atoms with Gasteiger partial charge in [0.15, 0.2) is 6.79 Å². The lowest BCUT2D eigenvalue weighted by atomic mass is 10.2. The van der Waals surface area contributed by atoms with Crippen LogP contribution in [0.25, 0.3) is 0 Å². The molecule has 0 rings (SSSR count). The van der Waals surface area contributed by atoms with Crippen LogP contribution in [-0.4, -0.2) is 18.0 Å². The van der Waals surface area contributed by atoms with Crippen LogP contribution in [0.1, 0.15) is 41.5 Å². The van der Waals surface area contributed by atoms with Crippen LogP contribution in [0.5, 0.6) is 0 Å². The van der Waals surface area contributed by atoms with E-state index < -0.39 is 33.6 Å². The Morgan fingerprint density at radius 1 is 0.895 bits per heavy atom. The number of ether oxygens (including phenoxy) is 1. The number of rotatable bonds is 6. The molecule has 2 unspecified atom stereocenters. The SMILES string of the molecule is CC(C)(C)OCOP(=O)([O-])OP(=O)([O-])OC(C)(C)C. The fraction of sp³-hybridized carbons (Fsp3) is 1.00. The van der Waals surface area contributed by atoms with Crippen LogP contribution in [0.3, 0.4) is 0 Å². The van der Waals surface area contributed by atoms with E-state index in [-0.39, 0.29) is 0 Å². The summed E-state index contributed by atoms with van der Waals surface area (Å²) in [4.78, 5) is 22.6. The van der Waals surface area contributed by atoms with E-state index in [0.717, 1.165) is 0 Å². The Kier molecular flexibility index (Phi) is 6.40. The van der Waals surface area contributed by atoms with Crippen molar-refractivity contribution in [2.45, 2.75) is 52.7 Å². The number of hydrogen-bond donors (Lipinski definition) is 0. The molecular formula is C9H20O8P2-2. The maximum absolute atomic E-state index is 11.3. The molecule has 0 heterocycles. The smallest absolute Gasteiger partial charge is 0.276 e. The quantitative estimate of drug-likeness (QED) is 0.534. The Balaban J connectivity index is 4.44. The average molecular weight is 318 g/mol. The molecule has 0 fully saturated rings. The van der Waals surface area contributed by atoms with Crippen LogP contribution in [0, 0.1) is 0 Å². The van der Waals surface area contributed by atoms with Crippen LogP contribution in [0.15, 0.2) is 0 Å². The summed E-state index contributed by atoms with van der Waals surface area (Å²) in [6, 6.07) is 0. The van der Waals surface area contributed by atoms with E-state index in [2.05, 4.69) is 13.4 Å². The molecule has 0 saturated heterocycles. The minimum atomic E-state index is -5.06. The van der Waals surface area contributed by atoms with Crippen LogP contribution in [-0.2, 0) is 27.2 Å². The molecule has 0 aliphatic carbocycles. The number of phosphoric acid groups is 2. The van der Waals surface area contributed by atoms with Crippen molar-refractivity contribution >= 4 is 15.6 Å². The van der Waals surface area contributed by atoms with E-state index in [1.165, 1.54) is 20.8 Å². The Labute approximate surface area is 113 Å². The van der Waals surface area contributed by atoms with Crippen molar-refractivity contribution in [3.05, 3.63) is 0 Å². The zero-order chi connectivity index (χ0) is 15.5. The first kappa shape index (κ1) is 19.2. The summed E-state index contributed by atoms with van der Waals surface area (Å²) in [6.45, 7) is 8.66. The molecule has 19 heavy (non-hydrogen) atoms. The molecule has 8 nitrogen and oxygen atoms in total. The minimum absolute atomic E-state index is 0.636. The number of phosphoric ester groups is 2. The first-order valence-electron chi connectivity index (χ1n) is 5.45. The van der Waals surface area contributed by atoms with E-state index >= 15 is 0 Å². The van der Waals surface area contributed by atoms with Crippen LogP contribution >= 0.6 is 15.6 Å². The fourth-order valence-corrected chi connectivity index (χ4v) is 2.92. The first-order valence-corrected chi connectivity index (χ1v) is 8.37. The first-order chi connectivity index (χ1) is 8.12. The molecule has 116 valence electrons. The lowest BCUT2D eigenvalue weighted by Crippen LogP contribution is -2.24. The highest BCUT2D eigenvalue weighted by atomic mass is 31.3. The Morgan fingerprint density at radius 3 is 1.74 bits per heavy atom. The largest absolute Gasteiger partial charge is 0.756 e. The predicted molar refractivity (Wildman–Crippen MR) is 63.9 cm³/mol. The zero-order valence-electron chi connectivity index (χ0n) is 11.9. The second-order valence-corrected chi connectivity index (χ2v) is 8.57. The van der Waals surface area contributed by atoms with Gasteiger partial charge in [-0.05, 0) is 41.5 Å². The van der Waals surface area contributed by atoms with Crippen LogP contribution < -0.4 is 9.79 Å². The van der Waals surface area contributed by atoms with Crippen molar-refractivity contribution in [3.63, 3.8) is 0 Å². The highest BCUT2D eigenvalue weighted by Gasteiger charge is 2.26. The monoisotopic (exact) mass is 318 g/mol. The highest BCUT2D eigenvalue weighted by molar-refractivity contribution is 7.59. The van der Waals surface area contributed by atoms with E-state index in [9.17, 15) is 18.9 Å². The van der Waals surface area contributed by atoms with Crippen LogP contribution in [0.2, 0.25) is 0 Å². The van der Waals surface area contributed by atoms with Crippen molar-refractivity contribution in [2.24, 2.45) is 0 Å². The Hall–Kier alpha value is 0.220. The maximum atomic E-state index is 11.3. The Morgan fingerprint density at radius 2 is 1.37 bits per heavy atom. The molecule has 0 saturated carbocycles. The highest BCUT2D eigenvalue weighted by Crippen LogP contribution is 2.57. The molecule has 0 aliphatic heterocycles. The molecule has 0 N–H and O–H groups in total. The van der Waals surface area contributed by atoms with E-state index in [4.69, 9.17) is 4.74 Å². The molecule has 0 aromatic carbocycles. The molecule has 0 aromatic rings. The molecule has 0 aromatic heterocycles. The number of hydrogen-bond acceptors (Lipinski definition) is 8. The second kappa shape index (κ2) is 6.33. The topological polar surface area (TPSA) is 117 Å². The summed E-state index contributed by atoms with van der Waals surface area (Å²) in [7, 11) is -10.1. The molecule has 0 bridgehead atoms. The van der Waals surface area contributed by atoms with Gasteiger partial charge in [-0.2, -0.15) is 0 Å². The van der Waals surface area contributed by atoms with Crippen molar-refractivity contribution in [1.82, 2.24) is 0 Å². The third-order valence-electron chi connectivity index (χ3n) is 1.29. The summed E-state index contributed by atoms with van der Waals surface area (Å²) in [5.41, 5.74) is -1.75. The summed E-state index contributed by atoms with van der Waals surface area (Å²) >= 11 is 0. The van der Waals surface area contributed by atoms with Gasteiger partial charge in [0.1, 0.15) is 0 Å². The lowest BCUT2D eigenvalue weighted by Gasteiger charge is -2.34. The molecule has 10 heteroatoms. The Bertz CT molecular complexity index is 381. The van der Waals surface area contributed by atoms with Crippen molar-refractivity contribution in [3.8, 4) is 0 Å². The minimum Gasteiger partial charge on any atom is -0.756 e. The van der Waals surface area contributed by atoms with Gasteiger partial charge < -0.3 is 19.0 Å². The van der Waals surface area contributed by atoms with Gasteiger partial charge in [0.2, 0.25) is 0 Å². The van der Waals surface area contributed by atoms with Gasteiger partial charge >= 0.3 is 0 Å². The van der Waals surface area contributed by atoms with Crippen LogP contribution in [0.4, 0.5) is 0 Å². The van der Waals surface area contributed by atoms with Gasteiger partial charge in [0.05, 0.1) is 11.2 Å². The van der Waals surface area contributed by atoms with Gasteiger partial charge in [-0.1, -0.05) is 0 Å². The average Bonchev–Trinajstić information content (AvgIpc) is 1.90. The standard InChI is InChI=1S/C9H22O8P2/c1-8(2,3)14-7-15-18(10,11)17-19(12,13)16-9(4,5)6/h7H2,1-6H3,(H,10,11)(H,12,13)/p-2. The van der Waals surface area contributed by atoms with Gasteiger partial charge in [-0.25, -0.2) is 4.31 Å². The summed E-state index contributed by atoms with van der Waals surface area (Å²) in [5.74, 6) is 0. The molecular weight excluding hydrogens is 298 g/mol.